The number of carbonyl (C=O) groups is 1. The smallest absolute Gasteiger partial charge is 0.257 e. The van der Waals surface area contributed by atoms with Gasteiger partial charge in [-0.1, -0.05) is 17.7 Å². The van der Waals surface area contributed by atoms with Crippen LogP contribution in [-0.2, 0) is 4.79 Å². The number of dihydropyridines is 1. The molecule has 0 spiro atoms. The van der Waals surface area contributed by atoms with Gasteiger partial charge in [0.15, 0.2) is 0 Å². The normalized spacial score (nSPS) is 26.4. The third kappa shape index (κ3) is 1.14. The fourth-order valence-corrected chi connectivity index (χ4v) is 1.43. The van der Waals surface area contributed by atoms with Gasteiger partial charge in [-0.3, -0.25) is 4.79 Å². The highest BCUT2D eigenvalue weighted by molar-refractivity contribution is 6.31. The van der Waals surface area contributed by atoms with Crippen LogP contribution in [0.1, 0.15) is 0 Å². The lowest BCUT2D eigenvalue weighted by atomic mass is 9.92. The van der Waals surface area contributed by atoms with E-state index in [1.54, 1.807) is 12.2 Å². The number of allylic oxidation sites excluding steroid dienone is 4. The van der Waals surface area contributed by atoms with Crippen LogP contribution in [-0.4, -0.2) is 12.1 Å². The van der Waals surface area contributed by atoms with Crippen molar-refractivity contribution in [1.82, 2.24) is 0 Å². The maximum absolute atomic E-state index is 11.2. The number of halogens is 1. The van der Waals surface area contributed by atoms with E-state index >= 15 is 0 Å². The van der Waals surface area contributed by atoms with E-state index in [0.717, 1.165) is 5.57 Å². The van der Waals surface area contributed by atoms with Crippen molar-refractivity contribution in [2.75, 3.05) is 0 Å². The minimum atomic E-state index is -0.257. The molecule has 1 atom stereocenters. The van der Waals surface area contributed by atoms with E-state index in [9.17, 15) is 4.79 Å². The van der Waals surface area contributed by atoms with Crippen molar-refractivity contribution in [3.8, 4) is 0 Å². The molecule has 2 aliphatic rings. The zero-order chi connectivity index (χ0) is 8.55. The van der Waals surface area contributed by atoms with Crippen molar-refractivity contribution in [2.45, 2.75) is 0 Å². The number of carbonyl (C=O) groups excluding carboxylic acids is 1. The van der Waals surface area contributed by atoms with Gasteiger partial charge < -0.3 is 0 Å². The quantitative estimate of drug-likeness (QED) is 0.558. The molecule has 0 bridgehead atoms. The molecule has 0 aromatic carbocycles. The van der Waals surface area contributed by atoms with Crippen molar-refractivity contribution in [1.29, 1.82) is 0 Å². The Balaban J connectivity index is 2.43. The molecule has 0 saturated carbocycles. The maximum atomic E-state index is 11.2. The predicted molar refractivity (Wildman–Crippen MR) is 48.1 cm³/mol. The van der Waals surface area contributed by atoms with Crippen LogP contribution in [0, 0.1) is 5.92 Å². The molecule has 1 aliphatic carbocycles. The highest BCUT2D eigenvalue weighted by atomic mass is 35.5. The van der Waals surface area contributed by atoms with E-state index in [-0.39, 0.29) is 11.8 Å². The fourth-order valence-electron chi connectivity index (χ4n) is 1.24. The summed E-state index contributed by atoms with van der Waals surface area (Å²) in [6, 6.07) is 0. The lowest BCUT2D eigenvalue weighted by Crippen LogP contribution is -2.16. The molecule has 3 heteroatoms. The van der Waals surface area contributed by atoms with Gasteiger partial charge >= 0.3 is 0 Å². The lowest BCUT2D eigenvalue weighted by Gasteiger charge is -2.16. The Morgan fingerprint density at radius 1 is 1.42 bits per heavy atom. The number of hydrogen-bond acceptors (Lipinski definition) is 1. The van der Waals surface area contributed by atoms with Crippen LogP contribution < -0.4 is 0 Å². The first-order valence-electron chi connectivity index (χ1n) is 3.61. The molecule has 0 saturated heterocycles. The standard InChI is InChI=1S/C9H6ClNO/c10-7-2-1-6-3-4-11-9(12)8(6)5-7/h1-5,8H. The van der Waals surface area contributed by atoms with Crippen LogP contribution in [0.25, 0.3) is 0 Å². The second kappa shape index (κ2) is 2.72. The first-order valence-corrected chi connectivity index (χ1v) is 3.98. The third-order valence-corrected chi connectivity index (χ3v) is 2.11. The summed E-state index contributed by atoms with van der Waals surface area (Å²) < 4.78 is 0. The Labute approximate surface area is 74.9 Å². The molecule has 0 radical (unpaired) electrons. The number of fused-ring (bicyclic) bond motifs is 1. The van der Waals surface area contributed by atoms with Crippen molar-refractivity contribution >= 4 is 23.7 Å². The zero-order valence-electron chi connectivity index (χ0n) is 6.20. The minimum Gasteiger partial charge on any atom is -0.272 e. The number of hydrogen-bond donors (Lipinski definition) is 0. The number of nitrogens with zero attached hydrogens (tertiary/aromatic N) is 1. The van der Waals surface area contributed by atoms with Crippen molar-refractivity contribution in [2.24, 2.45) is 10.9 Å². The lowest BCUT2D eigenvalue weighted by molar-refractivity contribution is -0.119. The van der Waals surface area contributed by atoms with E-state index in [4.69, 9.17) is 11.6 Å². The van der Waals surface area contributed by atoms with Gasteiger partial charge in [0.2, 0.25) is 0 Å². The van der Waals surface area contributed by atoms with E-state index in [1.807, 2.05) is 12.2 Å². The first-order chi connectivity index (χ1) is 5.77. The van der Waals surface area contributed by atoms with E-state index in [2.05, 4.69) is 4.99 Å². The predicted octanol–water partition coefficient (Wildman–Crippen LogP) is 1.83. The Kier molecular flexibility index (Phi) is 1.70. The van der Waals surface area contributed by atoms with E-state index in [0.29, 0.717) is 5.03 Å². The average molecular weight is 180 g/mol. The topological polar surface area (TPSA) is 29.4 Å². The molecule has 1 aliphatic heterocycles. The Morgan fingerprint density at radius 3 is 3.08 bits per heavy atom. The molecule has 0 aromatic heterocycles. The summed E-state index contributed by atoms with van der Waals surface area (Å²) in [6.07, 6.45) is 8.67. The summed E-state index contributed by atoms with van der Waals surface area (Å²) in [6.45, 7) is 0. The van der Waals surface area contributed by atoms with Crippen LogP contribution in [0.3, 0.4) is 0 Å². The highest BCUT2D eigenvalue weighted by Crippen LogP contribution is 2.26. The highest BCUT2D eigenvalue weighted by Gasteiger charge is 2.22. The SMILES string of the molecule is O=C1N=CC=C2C=CC(Cl)=CC12. The monoisotopic (exact) mass is 179 g/mol. The number of rotatable bonds is 0. The molecule has 0 aromatic rings. The molecule has 1 amide bonds. The molecular weight excluding hydrogens is 174 g/mol. The second-order valence-corrected chi connectivity index (χ2v) is 3.08. The second-order valence-electron chi connectivity index (χ2n) is 2.65. The molecule has 0 N–H and O–H groups in total. The van der Waals surface area contributed by atoms with Crippen LogP contribution in [0.4, 0.5) is 0 Å². The molecule has 1 unspecified atom stereocenters. The van der Waals surface area contributed by atoms with Gasteiger partial charge in [-0.25, -0.2) is 4.99 Å². The Bertz CT molecular complexity index is 350. The van der Waals surface area contributed by atoms with E-state index in [1.165, 1.54) is 6.21 Å². The summed E-state index contributed by atoms with van der Waals surface area (Å²) in [4.78, 5) is 14.9. The summed E-state index contributed by atoms with van der Waals surface area (Å²) in [5, 5.41) is 0.600. The van der Waals surface area contributed by atoms with Crippen LogP contribution in [0.15, 0.2) is 39.9 Å². The molecule has 12 heavy (non-hydrogen) atoms. The minimum absolute atomic E-state index is 0.144. The number of amides is 1. The van der Waals surface area contributed by atoms with Crippen molar-refractivity contribution < 1.29 is 4.79 Å². The Morgan fingerprint density at radius 2 is 2.25 bits per heavy atom. The van der Waals surface area contributed by atoms with E-state index < -0.39 is 0 Å². The van der Waals surface area contributed by atoms with Crippen LogP contribution in [0.5, 0.6) is 0 Å². The summed E-state index contributed by atoms with van der Waals surface area (Å²) in [7, 11) is 0. The molecule has 1 heterocycles. The summed E-state index contributed by atoms with van der Waals surface area (Å²) in [5.41, 5.74) is 0.958. The van der Waals surface area contributed by atoms with Gasteiger partial charge in [-0.2, -0.15) is 0 Å². The van der Waals surface area contributed by atoms with Gasteiger partial charge in [-0.15, -0.1) is 0 Å². The largest absolute Gasteiger partial charge is 0.272 e. The third-order valence-electron chi connectivity index (χ3n) is 1.85. The zero-order valence-corrected chi connectivity index (χ0v) is 6.95. The number of aliphatic imine (C=N–C) groups is 1. The molecule has 60 valence electrons. The molecular formula is C9H6ClNO. The molecule has 0 fully saturated rings. The first kappa shape index (κ1) is 7.50. The van der Waals surface area contributed by atoms with Gasteiger partial charge in [0.05, 0.1) is 5.92 Å². The van der Waals surface area contributed by atoms with Gasteiger partial charge in [0, 0.05) is 11.2 Å². The maximum Gasteiger partial charge on any atom is 0.257 e. The summed E-state index contributed by atoms with van der Waals surface area (Å²) in [5.74, 6) is -0.400. The molecule has 2 rings (SSSR count). The van der Waals surface area contributed by atoms with Gasteiger partial charge in [0.25, 0.3) is 5.91 Å². The van der Waals surface area contributed by atoms with Gasteiger partial charge in [-0.05, 0) is 23.8 Å². The average Bonchev–Trinajstić information content (AvgIpc) is 2.07. The van der Waals surface area contributed by atoms with Crippen molar-refractivity contribution in [3.63, 3.8) is 0 Å². The van der Waals surface area contributed by atoms with Gasteiger partial charge in [0.1, 0.15) is 0 Å². The van der Waals surface area contributed by atoms with Crippen LogP contribution in [0.2, 0.25) is 0 Å². The van der Waals surface area contributed by atoms with Crippen molar-refractivity contribution in [3.05, 3.63) is 34.9 Å². The van der Waals surface area contributed by atoms with Crippen LogP contribution >= 0.6 is 11.6 Å². The molecule has 2 nitrogen and oxygen atoms in total. The fraction of sp³-hybridized carbons (Fsp3) is 0.111. The summed E-state index contributed by atoms with van der Waals surface area (Å²) >= 11 is 5.74. The Hall–Kier alpha value is -1.15.